The fraction of sp³-hybridized carbons (Fsp3) is 0.529. The summed E-state index contributed by atoms with van der Waals surface area (Å²) in [7, 11) is 1.51. The van der Waals surface area contributed by atoms with Gasteiger partial charge in [-0.1, -0.05) is 35.4 Å². The molecule has 0 radical (unpaired) electrons. The summed E-state index contributed by atoms with van der Waals surface area (Å²) in [5, 5.41) is 3.99. The van der Waals surface area contributed by atoms with Crippen LogP contribution in [0.2, 0.25) is 0 Å². The van der Waals surface area contributed by atoms with E-state index < -0.39 is 98.1 Å². The van der Waals surface area contributed by atoms with Gasteiger partial charge in [0, 0.05) is 38.2 Å². The minimum atomic E-state index is -1.64. The van der Waals surface area contributed by atoms with Crippen LogP contribution in [0.15, 0.2) is 59.7 Å². The molecule has 52 heavy (non-hydrogen) atoms. The van der Waals surface area contributed by atoms with Crippen molar-refractivity contribution in [2.45, 2.75) is 95.3 Å². The second kappa shape index (κ2) is 17.5. The van der Waals surface area contributed by atoms with Gasteiger partial charge in [-0.05, 0) is 29.8 Å². The van der Waals surface area contributed by atoms with E-state index in [-0.39, 0.29) is 6.61 Å². The number of hydrogen-bond acceptors (Lipinski definition) is 16. The largest absolute Gasteiger partial charge is 0.497 e. The smallest absolute Gasteiger partial charge is 0.303 e. The predicted octanol–water partition coefficient (Wildman–Crippen LogP) is 3.06. The fourth-order valence-corrected chi connectivity index (χ4v) is 6.02. The topological polar surface area (TPSA) is 219 Å². The van der Waals surface area contributed by atoms with E-state index in [4.69, 9.17) is 52.1 Å². The number of hydrogen-bond donors (Lipinski definition) is 0. The second-order valence-electron chi connectivity index (χ2n) is 11.9. The van der Waals surface area contributed by atoms with Crippen LogP contribution in [-0.4, -0.2) is 106 Å². The van der Waals surface area contributed by atoms with Gasteiger partial charge in [0.1, 0.15) is 48.6 Å². The lowest BCUT2D eigenvalue weighted by atomic mass is 9.94. The number of ether oxygens (including phenoxy) is 11. The van der Waals surface area contributed by atoms with Crippen LogP contribution < -0.4 is 9.47 Å². The molecule has 3 aliphatic rings. The van der Waals surface area contributed by atoms with Crippen molar-refractivity contribution in [3.05, 3.63) is 70.6 Å². The monoisotopic (exact) mass is 729 g/mol. The predicted molar refractivity (Wildman–Crippen MR) is 172 cm³/mol. The molecule has 3 saturated heterocycles. The summed E-state index contributed by atoms with van der Waals surface area (Å²) >= 11 is 0. The van der Waals surface area contributed by atoms with Crippen LogP contribution in [0.4, 0.5) is 0 Å². The first-order valence-electron chi connectivity index (χ1n) is 16.3. The zero-order valence-corrected chi connectivity index (χ0v) is 28.9. The maximum Gasteiger partial charge on any atom is 0.303 e. The molecule has 0 N–H and O–H groups in total. The van der Waals surface area contributed by atoms with Gasteiger partial charge in [0.2, 0.25) is 6.29 Å². The molecule has 0 bridgehead atoms. The van der Waals surface area contributed by atoms with Gasteiger partial charge in [-0.15, -0.1) is 0 Å². The first-order valence-corrected chi connectivity index (χ1v) is 16.3. The highest BCUT2D eigenvalue weighted by Gasteiger charge is 2.57. The molecule has 1 unspecified atom stereocenters. The van der Waals surface area contributed by atoms with Gasteiger partial charge in [-0.3, -0.25) is 19.2 Å². The molecule has 11 atom stereocenters. The molecule has 3 fully saturated rings. The van der Waals surface area contributed by atoms with Gasteiger partial charge in [0.15, 0.2) is 30.9 Å². The molecule has 18 heteroatoms. The van der Waals surface area contributed by atoms with E-state index in [1.165, 1.54) is 7.11 Å². The molecule has 5 rings (SSSR count). The summed E-state index contributed by atoms with van der Waals surface area (Å²) in [5.41, 5.74) is 10.4. The lowest BCUT2D eigenvalue weighted by molar-refractivity contribution is -0.370. The Balaban J connectivity index is 1.56. The molecular weight excluding hydrogens is 690 g/mol. The zero-order valence-electron chi connectivity index (χ0n) is 28.9. The van der Waals surface area contributed by atoms with Crippen LogP contribution in [0.3, 0.4) is 0 Å². The molecular formula is C34H39N3O15. The van der Waals surface area contributed by atoms with Gasteiger partial charge in [0.05, 0.1) is 13.7 Å². The Kier molecular flexibility index (Phi) is 12.9. The minimum absolute atomic E-state index is 0.0197. The molecule has 0 aromatic heterocycles. The van der Waals surface area contributed by atoms with E-state index in [1.54, 1.807) is 48.5 Å². The van der Waals surface area contributed by atoms with E-state index in [0.717, 1.165) is 27.7 Å². The molecule has 3 aliphatic heterocycles. The van der Waals surface area contributed by atoms with Crippen LogP contribution in [0.5, 0.6) is 11.5 Å². The Morgan fingerprint density at radius 1 is 0.769 bits per heavy atom. The van der Waals surface area contributed by atoms with Crippen molar-refractivity contribution in [2.75, 3.05) is 20.3 Å². The van der Waals surface area contributed by atoms with Crippen LogP contribution in [0.25, 0.3) is 10.4 Å². The molecule has 3 heterocycles. The molecule has 0 amide bonds. The first-order chi connectivity index (χ1) is 25.0. The number of rotatable bonds is 12. The Bertz CT molecular complexity index is 1600. The van der Waals surface area contributed by atoms with Gasteiger partial charge >= 0.3 is 23.9 Å². The maximum absolute atomic E-state index is 12.5. The van der Waals surface area contributed by atoms with E-state index in [1.807, 2.05) is 6.07 Å². The lowest BCUT2D eigenvalue weighted by Gasteiger charge is -2.50. The average molecular weight is 730 g/mol. The highest BCUT2D eigenvalue weighted by molar-refractivity contribution is 5.68. The summed E-state index contributed by atoms with van der Waals surface area (Å²) in [4.78, 5) is 52.0. The number of carbonyl (C=O) groups excluding carboxylic acids is 4. The molecule has 0 aliphatic carbocycles. The third-order valence-corrected chi connectivity index (χ3v) is 8.12. The van der Waals surface area contributed by atoms with Crippen molar-refractivity contribution < 1.29 is 71.3 Å². The molecule has 0 spiro atoms. The van der Waals surface area contributed by atoms with Gasteiger partial charge in [-0.25, -0.2) is 0 Å². The molecule has 2 aromatic carbocycles. The summed E-state index contributed by atoms with van der Waals surface area (Å²) in [6, 6.07) is 14.3. The first kappa shape index (κ1) is 38.3. The van der Waals surface area contributed by atoms with Crippen molar-refractivity contribution in [1.82, 2.24) is 0 Å². The SMILES string of the molecule is COc1ccc(O[C@@H]2O[C@H]3COC(c4ccccc4)O[C@H]3[C@H](O[C@@H]3O[C@@H](COC(C)=O)[C@H](OC(C)=O)[C@H](OC(C)=O)[C@@H]3OC(C)=O)[C@@H]2N=[N+]=[N-])cc1. The number of esters is 4. The third kappa shape index (κ3) is 9.47. The Morgan fingerprint density at radius 3 is 2.02 bits per heavy atom. The molecule has 0 saturated carbocycles. The van der Waals surface area contributed by atoms with Crippen LogP contribution >= 0.6 is 0 Å². The van der Waals surface area contributed by atoms with Crippen LogP contribution in [0.1, 0.15) is 39.5 Å². The Hall–Kier alpha value is -4.97. The van der Waals surface area contributed by atoms with Gasteiger partial charge < -0.3 is 52.1 Å². The standard InChI is InChI=1S/C34H39N3O15/c1-17(38)43-15-24-28(45-18(2)39)30(46-19(3)40)31(47-20(4)41)34(50-24)52-29-26(36-37-35)33(48-23-13-11-22(42-5)12-14-23)49-25-16-44-32(51-27(25)29)21-9-7-6-8-10-21/h6-14,24-34H,15-16H2,1-5H3/t24-,25-,26-,27+,28-,29+,30-,31-,32?,33+,34-/m0/s1. The average Bonchev–Trinajstić information content (AvgIpc) is 3.11. The molecule has 2 aromatic rings. The van der Waals surface area contributed by atoms with E-state index >= 15 is 0 Å². The summed E-state index contributed by atoms with van der Waals surface area (Å²) < 4.78 is 64.7. The lowest BCUT2D eigenvalue weighted by Crippen LogP contribution is -2.67. The number of nitrogens with zero attached hydrogens (tertiary/aromatic N) is 3. The summed E-state index contributed by atoms with van der Waals surface area (Å²) in [5.74, 6) is -2.25. The summed E-state index contributed by atoms with van der Waals surface area (Å²) in [6.45, 7) is 3.97. The van der Waals surface area contributed by atoms with Crippen molar-refractivity contribution in [3.8, 4) is 11.5 Å². The third-order valence-electron chi connectivity index (χ3n) is 8.12. The zero-order chi connectivity index (χ0) is 37.4. The second-order valence-corrected chi connectivity index (χ2v) is 11.9. The highest BCUT2D eigenvalue weighted by atomic mass is 16.8. The van der Waals surface area contributed by atoms with Crippen molar-refractivity contribution in [1.29, 1.82) is 0 Å². The Labute approximate surface area is 298 Å². The van der Waals surface area contributed by atoms with Crippen molar-refractivity contribution in [3.63, 3.8) is 0 Å². The van der Waals surface area contributed by atoms with Gasteiger partial charge in [-0.2, -0.15) is 0 Å². The quantitative estimate of drug-likeness (QED) is 0.101. The number of benzene rings is 2. The fourth-order valence-electron chi connectivity index (χ4n) is 6.02. The Morgan fingerprint density at radius 2 is 1.40 bits per heavy atom. The van der Waals surface area contributed by atoms with E-state index in [2.05, 4.69) is 10.0 Å². The number of azide groups is 1. The number of carbonyl (C=O) groups is 4. The van der Waals surface area contributed by atoms with E-state index in [9.17, 15) is 24.7 Å². The number of fused-ring (bicyclic) bond motifs is 1. The van der Waals surface area contributed by atoms with Crippen LogP contribution in [-0.2, 0) is 61.8 Å². The normalized spacial score (nSPS) is 31.1. The van der Waals surface area contributed by atoms with Crippen LogP contribution in [0, 0.1) is 0 Å². The van der Waals surface area contributed by atoms with Gasteiger partial charge in [0.25, 0.3) is 0 Å². The van der Waals surface area contributed by atoms with Crippen molar-refractivity contribution >= 4 is 23.9 Å². The van der Waals surface area contributed by atoms with E-state index in [0.29, 0.717) is 17.1 Å². The molecule has 280 valence electrons. The number of methoxy groups -OCH3 is 1. The van der Waals surface area contributed by atoms with Crippen molar-refractivity contribution in [2.24, 2.45) is 5.11 Å². The summed E-state index contributed by atoms with van der Waals surface area (Å²) in [6.07, 6.45) is -12.8. The minimum Gasteiger partial charge on any atom is -0.497 e. The maximum atomic E-state index is 12.5. The molecule has 18 nitrogen and oxygen atoms in total. The highest BCUT2D eigenvalue weighted by Crippen LogP contribution is 2.40.